The molecule has 9 rings (SSSR count). The molecule has 72 heavy (non-hydrogen) atoms. The number of ether oxygens (including phenoxy) is 1. The number of hydrogen-bond donors (Lipinski definition) is 0. The number of benzene rings is 9. The van der Waals surface area contributed by atoms with Crippen molar-refractivity contribution in [3.63, 3.8) is 0 Å². The molecule has 0 aliphatic rings. The first kappa shape index (κ1) is 54.8. The lowest BCUT2D eigenvalue weighted by atomic mass is 9.98. The van der Waals surface area contributed by atoms with Crippen LogP contribution in [-0.4, -0.2) is 17.6 Å². The number of hydrogen-bond acceptors (Lipinski definition) is 2. The lowest BCUT2D eigenvalue weighted by molar-refractivity contribution is 0.321. The summed E-state index contributed by atoms with van der Waals surface area (Å²) in [5.74, 6) is -1.12. The van der Waals surface area contributed by atoms with E-state index in [0.29, 0.717) is 40.0 Å². The maximum atomic E-state index is 14.5. The van der Waals surface area contributed by atoms with Crippen molar-refractivity contribution in [1.29, 1.82) is 5.26 Å². The topological polar surface area (TPSA) is 96.0 Å². The van der Waals surface area contributed by atoms with Gasteiger partial charge in [0.15, 0.2) is 11.6 Å². The van der Waals surface area contributed by atoms with Crippen molar-refractivity contribution in [3.8, 4) is 78.6 Å². The van der Waals surface area contributed by atoms with Gasteiger partial charge in [-0.25, -0.2) is 17.6 Å². The molecule has 0 aliphatic carbocycles. The van der Waals surface area contributed by atoms with Gasteiger partial charge in [-0.1, -0.05) is 177 Å². The molecular formula is C64H59F4NO3. The number of nitriles is 1. The first-order valence-electron chi connectivity index (χ1n) is 23.6. The molecule has 0 amide bonds. The maximum absolute atomic E-state index is 14.5. The van der Waals surface area contributed by atoms with Crippen molar-refractivity contribution < 1.29 is 33.3 Å². The summed E-state index contributed by atoms with van der Waals surface area (Å²) in [5, 5.41) is 8.83. The van der Waals surface area contributed by atoms with Crippen LogP contribution in [0.3, 0.4) is 0 Å². The molecule has 0 heterocycles. The lowest BCUT2D eigenvalue weighted by Gasteiger charge is -2.09. The predicted octanol–water partition coefficient (Wildman–Crippen LogP) is 16.4. The normalized spacial score (nSPS) is 10.3. The van der Waals surface area contributed by atoms with Gasteiger partial charge >= 0.3 is 0 Å². The van der Waals surface area contributed by atoms with Crippen molar-refractivity contribution in [1.82, 2.24) is 0 Å². The summed E-state index contributed by atoms with van der Waals surface area (Å²) in [6.45, 7) is 10.3. The fraction of sp³-hybridized carbons (Fsp3) is 0.141. The van der Waals surface area contributed by atoms with E-state index in [1.54, 1.807) is 61.5 Å². The van der Waals surface area contributed by atoms with Gasteiger partial charge in [0.2, 0.25) is 0 Å². The summed E-state index contributed by atoms with van der Waals surface area (Å²) in [6.07, 6.45) is 3.13. The van der Waals surface area contributed by atoms with Gasteiger partial charge in [0.05, 0.1) is 18.2 Å². The second-order valence-electron chi connectivity index (χ2n) is 17.1. The SMILES string of the molecule is CCCc1ccc(-c2ccc(-c3ccc(CC)cc3F)cc2)cc1.CCOc1ccc(-c2ccc(-c3ccc(C#N)cc3)cc2F)cc1F.Cc1ccc(-c2ccc(-c3ccc(C)cc3F)cc2)cc1.O.O. The van der Waals surface area contributed by atoms with E-state index >= 15 is 0 Å². The van der Waals surface area contributed by atoms with Gasteiger partial charge in [-0.2, -0.15) is 5.26 Å². The molecule has 8 heteroatoms. The van der Waals surface area contributed by atoms with E-state index in [-0.39, 0.29) is 28.3 Å². The zero-order valence-electron chi connectivity index (χ0n) is 41.2. The largest absolute Gasteiger partial charge is 0.491 e. The molecule has 9 aromatic rings. The van der Waals surface area contributed by atoms with E-state index in [0.717, 1.165) is 58.2 Å². The van der Waals surface area contributed by atoms with Gasteiger partial charge in [-0.15, -0.1) is 0 Å². The summed E-state index contributed by atoms with van der Waals surface area (Å²) < 4.78 is 62.0. The molecule has 9 aromatic carbocycles. The van der Waals surface area contributed by atoms with E-state index < -0.39 is 11.6 Å². The zero-order valence-corrected chi connectivity index (χ0v) is 41.2. The summed E-state index contributed by atoms with van der Waals surface area (Å²) in [5.41, 5.74) is 15.2. The van der Waals surface area contributed by atoms with Crippen molar-refractivity contribution in [2.45, 2.75) is 53.9 Å². The molecule has 0 unspecified atom stereocenters. The third-order valence-corrected chi connectivity index (χ3v) is 12.0. The Morgan fingerprint density at radius 2 is 0.778 bits per heavy atom. The second kappa shape index (κ2) is 26.2. The number of halogens is 4. The number of aryl methyl sites for hydroxylation is 4. The van der Waals surface area contributed by atoms with Crippen molar-refractivity contribution >= 4 is 0 Å². The molecule has 4 nitrogen and oxygen atoms in total. The molecule has 0 aromatic heterocycles. The van der Waals surface area contributed by atoms with Crippen LogP contribution in [0.2, 0.25) is 0 Å². The van der Waals surface area contributed by atoms with Crippen LogP contribution in [0.1, 0.15) is 55.0 Å². The molecule has 0 radical (unpaired) electrons. The van der Waals surface area contributed by atoms with Crippen LogP contribution in [0.15, 0.2) is 194 Å². The van der Waals surface area contributed by atoms with Gasteiger partial charge in [0, 0.05) is 16.7 Å². The lowest BCUT2D eigenvalue weighted by Crippen LogP contribution is -1.95. The number of nitrogens with zero attached hydrogens (tertiary/aromatic N) is 1. The Morgan fingerprint density at radius 1 is 0.389 bits per heavy atom. The molecule has 0 spiro atoms. The zero-order chi connectivity index (χ0) is 49.6. The second-order valence-corrected chi connectivity index (χ2v) is 17.1. The van der Waals surface area contributed by atoms with Gasteiger partial charge in [0.25, 0.3) is 0 Å². The molecule has 0 bridgehead atoms. The van der Waals surface area contributed by atoms with Gasteiger partial charge in [-0.3, -0.25) is 0 Å². The summed E-state index contributed by atoms with van der Waals surface area (Å²) in [4.78, 5) is 0. The van der Waals surface area contributed by atoms with E-state index in [1.165, 1.54) is 40.5 Å². The van der Waals surface area contributed by atoms with Crippen LogP contribution >= 0.6 is 0 Å². The molecular weight excluding hydrogens is 907 g/mol. The van der Waals surface area contributed by atoms with Gasteiger partial charge < -0.3 is 15.7 Å². The van der Waals surface area contributed by atoms with Crippen LogP contribution in [0.25, 0.3) is 66.8 Å². The molecule has 0 atom stereocenters. The van der Waals surface area contributed by atoms with Crippen molar-refractivity contribution in [2.75, 3.05) is 6.61 Å². The van der Waals surface area contributed by atoms with Crippen LogP contribution in [0.4, 0.5) is 17.6 Å². The van der Waals surface area contributed by atoms with Crippen molar-refractivity contribution in [3.05, 3.63) is 245 Å². The van der Waals surface area contributed by atoms with E-state index in [4.69, 9.17) is 10.00 Å². The highest BCUT2D eigenvalue weighted by molar-refractivity contribution is 5.74. The summed E-state index contributed by atoms with van der Waals surface area (Å²) in [7, 11) is 0. The first-order chi connectivity index (χ1) is 34.0. The van der Waals surface area contributed by atoms with Crippen LogP contribution in [0, 0.1) is 48.4 Å². The molecule has 0 fully saturated rings. The average molecular weight is 966 g/mol. The van der Waals surface area contributed by atoms with E-state index in [1.807, 2.05) is 80.6 Å². The minimum Gasteiger partial charge on any atom is -0.491 e. The molecule has 0 saturated carbocycles. The highest BCUT2D eigenvalue weighted by Gasteiger charge is 2.12. The monoisotopic (exact) mass is 965 g/mol. The fourth-order valence-corrected chi connectivity index (χ4v) is 8.06. The Labute approximate surface area is 421 Å². The molecule has 0 saturated heterocycles. The van der Waals surface area contributed by atoms with Gasteiger partial charge in [0.1, 0.15) is 17.5 Å². The van der Waals surface area contributed by atoms with Gasteiger partial charge in [-0.05, 0) is 143 Å². The minimum atomic E-state index is -0.519. The third kappa shape index (κ3) is 14.0. The Kier molecular flexibility index (Phi) is 20.0. The van der Waals surface area contributed by atoms with E-state index in [9.17, 15) is 17.6 Å². The van der Waals surface area contributed by atoms with Crippen LogP contribution in [0.5, 0.6) is 5.75 Å². The smallest absolute Gasteiger partial charge is 0.165 e. The highest BCUT2D eigenvalue weighted by atomic mass is 19.1. The molecule has 0 aliphatic heterocycles. The first-order valence-corrected chi connectivity index (χ1v) is 23.6. The summed E-state index contributed by atoms with van der Waals surface area (Å²) >= 11 is 0. The third-order valence-electron chi connectivity index (χ3n) is 12.0. The minimum absolute atomic E-state index is 0. The highest BCUT2D eigenvalue weighted by Crippen LogP contribution is 2.32. The van der Waals surface area contributed by atoms with Crippen molar-refractivity contribution in [2.24, 2.45) is 0 Å². The quantitative estimate of drug-likeness (QED) is 0.121. The van der Waals surface area contributed by atoms with Crippen LogP contribution < -0.4 is 4.74 Å². The fourth-order valence-electron chi connectivity index (χ4n) is 8.06. The molecule has 366 valence electrons. The Bertz CT molecular complexity index is 3200. The Balaban J connectivity index is 0.000000199. The maximum Gasteiger partial charge on any atom is 0.165 e. The molecule has 4 N–H and O–H groups in total. The standard InChI is InChI=1S/C23H23F.C21H15F2NO.C20H17F.2H2O/c1-3-5-18-6-9-19(10-7-18)20-11-13-21(14-12-20)22-15-8-17(4-2)16-23(22)24;1-2-25-21-10-8-17(12-20(21)23)18-9-7-16(11-19(18)22)15-5-3-14(13-24)4-6-15;1-14-3-6-16(7-4-14)17-8-10-18(11-9-17)19-12-5-15(2)13-20(19)21;;/h6-16H,3-5H2,1-2H3;3-12H,2H2,1H3;3-13H,1-2H3;2*1H2. The average Bonchev–Trinajstić information content (AvgIpc) is 3.38. The number of rotatable bonds is 11. The predicted molar refractivity (Wildman–Crippen MR) is 288 cm³/mol. The summed E-state index contributed by atoms with van der Waals surface area (Å²) in [6, 6.07) is 62.3. The van der Waals surface area contributed by atoms with E-state index in [2.05, 4.69) is 74.5 Å². The van der Waals surface area contributed by atoms with Crippen LogP contribution in [-0.2, 0) is 12.8 Å². The Hall–Kier alpha value is -8.09. The Morgan fingerprint density at radius 3 is 1.26 bits per heavy atom.